The fraction of sp³-hybridized carbons (Fsp3) is 0.400. The van der Waals surface area contributed by atoms with E-state index >= 15 is 0 Å². The van der Waals surface area contributed by atoms with E-state index in [0.29, 0.717) is 11.6 Å². The number of rotatable bonds is 0. The Morgan fingerprint density at radius 1 is 1.54 bits per heavy atom. The van der Waals surface area contributed by atoms with Gasteiger partial charge in [-0.25, -0.2) is 0 Å². The highest BCUT2D eigenvalue weighted by Crippen LogP contribution is 2.38. The molecule has 0 amide bonds. The van der Waals surface area contributed by atoms with Gasteiger partial charge >= 0.3 is 0 Å². The van der Waals surface area contributed by atoms with Crippen molar-refractivity contribution in [1.29, 1.82) is 0 Å². The number of fused-ring (bicyclic) bond motifs is 1. The Kier molecular flexibility index (Phi) is 2.18. The van der Waals surface area contributed by atoms with E-state index in [-0.39, 0.29) is 6.04 Å². The van der Waals surface area contributed by atoms with Gasteiger partial charge in [-0.2, -0.15) is 0 Å². The maximum atomic E-state index is 6.10. The lowest BCUT2D eigenvalue weighted by Gasteiger charge is -2.24. The third-order valence-electron chi connectivity index (χ3n) is 2.40. The first-order chi connectivity index (χ1) is 6.20. The summed E-state index contributed by atoms with van der Waals surface area (Å²) < 4.78 is 5.49. The highest BCUT2D eigenvalue weighted by atomic mass is 35.5. The number of nitrogens with two attached hydrogens (primary N) is 1. The molecule has 0 spiro atoms. The molecule has 2 N–H and O–H groups in total. The summed E-state index contributed by atoms with van der Waals surface area (Å²) in [7, 11) is 0. The van der Waals surface area contributed by atoms with Crippen LogP contribution in [0.5, 0.6) is 5.75 Å². The van der Waals surface area contributed by atoms with Gasteiger partial charge in [0, 0.05) is 18.0 Å². The molecular weight excluding hydrogens is 186 g/mol. The van der Waals surface area contributed by atoms with Gasteiger partial charge in [-0.3, -0.25) is 0 Å². The van der Waals surface area contributed by atoms with Gasteiger partial charge < -0.3 is 10.5 Å². The van der Waals surface area contributed by atoms with Crippen molar-refractivity contribution in [2.45, 2.75) is 19.4 Å². The Labute approximate surface area is 82.6 Å². The molecule has 13 heavy (non-hydrogen) atoms. The number of benzene rings is 1. The van der Waals surface area contributed by atoms with E-state index in [9.17, 15) is 0 Å². The molecule has 1 aliphatic heterocycles. The van der Waals surface area contributed by atoms with Gasteiger partial charge in [-0.1, -0.05) is 23.7 Å². The standard InChI is InChI=1S/C10H12ClNO/c1-6-2-3-7-8(12)4-5-13-10(7)9(6)11/h2-3,8H,4-5,12H2,1H3. The summed E-state index contributed by atoms with van der Waals surface area (Å²) >= 11 is 6.10. The first-order valence-corrected chi connectivity index (χ1v) is 4.75. The second kappa shape index (κ2) is 3.20. The molecular formula is C10H12ClNO. The minimum atomic E-state index is 0.0712. The van der Waals surface area contributed by atoms with Crippen LogP contribution in [-0.4, -0.2) is 6.61 Å². The Bertz CT molecular complexity index is 338. The normalized spacial score (nSPS) is 20.7. The van der Waals surface area contributed by atoms with E-state index in [2.05, 4.69) is 0 Å². The molecule has 1 atom stereocenters. The minimum Gasteiger partial charge on any atom is -0.492 e. The zero-order valence-electron chi connectivity index (χ0n) is 7.51. The fourth-order valence-electron chi connectivity index (χ4n) is 1.55. The molecule has 1 aromatic carbocycles. The highest BCUT2D eigenvalue weighted by molar-refractivity contribution is 6.33. The molecule has 0 aromatic heterocycles. The van der Waals surface area contributed by atoms with Crippen molar-refractivity contribution in [3.63, 3.8) is 0 Å². The molecule has 1 heterocycles. The van der Waals surface area contributed by atoms with E-state index in [4.69, 9.17) is 22.1 Å². The first kappa shape index (κ1) is 8.85. The van der Waals surface area contributed by atoms with Crippen LogP contribution in [-0.2, 0) is 0 Å². The lowest BCUT2D eigenvalue weighted by atomic mass is 10.00. The largest absolute Gasteiger partial charge is 0.492 e. The maximum absolute atomic E-state index is 6.10. The summed E-state index contributed by atoms with van der Waals surface area (Å²) in [5.74, 6) is 0.778. The van der Waals surface area contributed by atoms with Crippen LogP contribution < -0.4 is 10.5 Å². The molecule has 0 radical (unpaired) electrons. The van der Waals surface area contributed by atoms with Crippen molar-refractivity contribution >= 4 is 11.6 Å². The Morgan fingerprint density at radius 2 is 2.31 bits per heavy atom. The van der Waals surface area contributed by atoms with Crippen LogP contribution in [0.2, 0.25) is 5.02 Å². The molecule has 0 saturated heterocycles. The van der Waals surface area contributed by atoms with Crippen LogP contribution in [0.25, 0.3) is 0 Å². The van der Waals surface area contributed by atoms with Crippen LogP contribution in [0.1, 0.15) is 23.6 Å². The quantitative estimate of drug-likeness (QED) is 0.694. The van der Waals surface area contributed by atoms with Crippen LogP contribution >= 0.6 is 11.6 Å². The third-order valence-corrected chi connectivity index (χ3v) is 2.87. The molecule has 0 aliphatic carbocycles. The monoisotopic (exact) mass is 197 g/mol. The molecule has 1 aliphatic rings. The van der Waals surface area contributed by atoms with Gasteiger partial charge in [-0.05, 0) is 12.5 Å². The molecule has 70 valence electrons. The molecule has 0 bridgehead atoms. The van der Waals surface area contributed by atoms with E-state index in [1.807, 2.05) is 19.1 Å². The average Bonchev–Trinajstić information content (AvgIpc) is 2.12. The van der Waals surface area contributed by atoms with Crippen molar-refractivity contribution < 1.29 is 4.74 Å². The summed E-state index contributed by atoms with van der Waals surface area (Å²) in [6.07, 6.45) is 0.867. The lowest BCUT2D eigenvalue weighted by Crippen LogP contribution is -2.20. The zero-order chi connectivity index (χ0) is 9.42. The van der Waals surface area contributed by atoms with Gasteiger partial charge in [0.25, 0.3) is 0 Å². The number of hydrogen-bond donors (Lipinski definition) is 1. The maximum Gasteiger partial charge on any atom is 0.142 e. The van der Waals surface area contributed by atoms with Gasteiger partial charge in [0.15, 0.2) is 0 Å². The second-order valence-electron chi connectivity index (χ2n) is 3.36. The Balaban J connectivity index is 2.56. The Morgan fingerprint density at radius 3 is 3.08 bits per heavy atom. The van der Waals surface area contributed by atoms with Gasteiger partial charge in [-0.15, -0.1) is 0 Å². The summed E-state index contributed by atoms with van der Waals surface area (Å²) in [5, 5.41) is 0.702. The fourth-order valence-corrected chi connectivity index (χ4v) is 1.78. The zero-order valence-corrected chi connectivity index (χ0v) is 8.27. The minimum absolute atomic E-state index is 0.0712. The van der Waals surface area contributed by atoms with E-state index in [1.54, 1.807) is 0 Å². The molecule has 2 rings (SSSR count). The van der Waals surface area contributed by atoms with Crippen molar-refractivity contribution in [3.05, 3.63) is 28.3 Å². The molecule has 1 aromatic rings. The van der Waals surface area contributed by atoms with Crippen LogP contribution in [0.3, 0.4) is 0 Å². The van der Waals surface area contributed by atoms with E-state index in [1.165, 1.54) is 0 Å². The van der Waals surface area contributed by atoms with Gasteiger partial charge in [0.2, 0.25) is 0 Å². The molecule has 1 unspecified atom stereocenters. The third kappa shape index (κ3) is 1.40. The summed E-state index contributed by atoms with van der Waals surface area (Å²) in [6, 6.07) is 4.05. The predicted octanol–water partition coefficient (Wildman–Crippen LogP) is 2.43. The van der Waals surface area contributed by atoms with Gasteiger partial charge in [0.1, 0.15) is 5.75 Å². The van der Waals surface area contributed by atoms with Crippen LogP contribution in [0.15, 0.2) is 12.1 Å². The number of aryl methyl sites for hydroxylation is 1. The summed E-state index contributed by atoms with van der Waals surface area (Å²) in [4.78, 5) is 0. The second-order valence-corrected chi connectivity index (χ2v) is 3.74. The lowest BCUT2D eigenvalue weighted by molar-refractivity contribution is 0.269. The highest BCUT2D eigenvalue weighted by Gasteiger charge is 2.20. The predicted molar refractivity (Wildman–Crippen MR) is 53.2 cm³/mol. The van der Waals surface area contributed by atoms with E-state index < -0.39 is 0 Å². The van der Waals surface area contributed by atoms with Crippen molar-refractivity contribution in [1.82, 2.24) is 0 Å². The SMILES string of the molecule is Cc1ccc2c(c1Cl)OCCC2N. The number of halogens is 1. The Hall–Kier alpha value is -0.730. The van der Waals surface area contributed by atoms with Crippen molar-refractivity contribution in [2.75, 3.05) is 6.61 Å². The molecule has 0 saturated carbocycles. The molecule has 2 nitrogen and oxygen atoms in total. The smallest absolute Gasteiger partial charge is 0.142 e. The summed E-state index contributed by atoms with van der Waals surface area (Å²) in [6.45, 7) is 2.63. The van der Waals surface area contributed by atoms with Crippen molar-refractivity contribution in [2.24, 2.45) is 5.73 Å². The number of hydrogen-bond acceptors (Lipinski definition) is 2. The van der Waals surface area contributed by atoms with Gasteiger partial charge in [0.05, 0.1) is 11.6 Å². The van der Waals surface area contributed by atoms with E-state index in [0.717, 1.165) is 23.3 Å². The first-order valence-electron chi connectivity index (χ1n) is 4.37. The van der Waals surface area contributed by atoms with Crippen molar-refractivity contribution in [3.8, 4) is 5.75 Å². The number of ether oxygens (including phenoxy) is 1. The van der Waals surface area contributed by atoms with Crippen LogP contribution in [0.4, 0.5) is 0 Å². The summed E-state index contributed by atoms with van der Waals surface area (Å²) in [5.41, 5.74) is 7.99. The van der Waals surface area contributed by atoms with Crippen LogP contribution in [0, 0.1) is 6.92 Å². The molecule has 0 fully saturated rings. The average molecular weight is 198 g/mol. The topological polar surface area (TPSA) is 35.2 Å². The molecule has 3 heteroatoms.